The lowest BCUT2D eigenvalue weighted by atomic mass is 10.1. The fourth-order valence-corrected chi connectivity index (χ4v) is 6.51. The minimum Gasteiger partial charge on any atom is -0.497 e. The summed E-state index contributed by atoms with van der Waals surface area (Å²) >= 11 is 0. The van der Waals surface area contributed by atoms with Gasteiger partial charge in [0.25, 0.3) is 0 Å². The van der Waals surface area contributed by atoms with Gasteiger partial charge in [-0.1, -0.05) is 50.1 Å². The van der Waals surface area contributed by atoms with Crippen molar-refractivity contribution >= 4 is 27.4 Å². The third-order valence-corrected chi connectivity index (χ3v) is 8.57. The number of benzene rings is 3. The number of hydrogen-bond donors (Lipinski definition) is 1. The van der Waals surface area contributed by atoms with Gasteiger partial charge in [0, 0.05) is 30.9 Å². The zero-order valence-electron chi connectivity index (χ0n) is 21.3. The third-order valence-electron chi connectivity index (χ3n) is 6.65. The molecule has 0 fully saturated rings. The monoisotopic (exact) mass is 524 g/mol. The number of carboxylic acid groups (broad SMARTS) is 1. The van der Waals surface area contributed by atoms with Crippen LogP contribution in [0.4, 0.5) is 11.4 Å². The highest BCUT2D eigenvalue weighted by atomic mass is 32.2. The summed E-state index contributed by atoms with van der Waals surface area (Å²) in [4.78, 5) is 13.9. The maximum Gasteiger partial charge on any atom is 0.339 e. The van der Waals surface area contributed by atoms with Gasteiger partial charge in [0.1, 0.15) is 22.0 Å². The first kappa shape index (κ1) is 26.5. The Hall–Kier alpha value is -3.56. The van der Waals surface area contributed by atoms with Crippen LogP contribution in [0.5, 0.6) is 11.5 Å². The molecule has 9 heteroatoms. The van der Waals surface area contributed by atoms with Crippen LogP contribution >= 0.6 is 0 Å². The first-order valence-electron chi connectivity index (χ1n) is 12.2. The highest BCUT2D eigenvalue weighted by Gasteiger charge is 2.40. The van der Waals surface area contributed by atoms with Crippen molar-refractivity contribution < 1.29 is 27.8 Å². The second-order valence-corrected chi connectivity index (χ2v) is 10.8. The normalized spacial score (nSPS) is 17.1. The molecule has 3 aromatic rings. The minimum absolute atomic E-state index is 0.0536. The third kappa shape index (κ3) is 5.42. The largest absolute Gasteiger partial charge is 0.497 e. The van der Waals surface area contributed by atoms with Gasteiger partial charge in [-0.25, -0.2) is 13.2 Å². The second-order valence-electron chi connectivity index (χ2n) is 8.97. The summed E-state index contributed by atoms with van der Waals surface area (Å²) in [6, 6.07) is 19.2. The Morgan fingerprint density at radius 1 is 1.03 bits per heavy atom. The molecule has 1 unspecified atom stereocenters. The predicted molar refractivity (Wildman–Crippen MR) is 142 cm³/mol. The maximum absolute atomic E-state index is 14.3. The lowest BCUT2D eigenvalue weighted by Crippen LogP contribution is -2.43. The van der Waals surface area contributed by atoms with E-state index in [9.17, 15) is 18.3 Å². The lowest BCUT2D eigenvalue weighted by Gasteiger charge is -2.31. The van der Waals surface area contributed by atoms with Gasteiger partial charge < -0.3 is 19.5 Å². The summed E-state index contributed by atoms with van der Waals surface area (Å²) < 4.78 is 40.8. The van der Waals surface area contributed by atoms with Gasteiger partial charge in [-0.15, -0.1) is 0 Å². The van der Waals surface area contributed by atoms with Gasteiger partial charge in [0.15, 0.2) is 0 Å². The van der Waals surface area contributed by atoms with Gasteiger partial charge in [-0.3, -0.25) is 0 Å². The highest BCUT2D eigenvalue weighted by molar-refractivity contribution is 7.89. The van der Waals surface area contributed by atoms with E-state index in [1.54, 1.807) is 19.2 Å². The number of hydrogen-bond acceptors (Lipinski definition) is 6. The Balaban J connectivity index is 1.93. The minimum atomic E-state index is -4.09. The average molecular weight is 525 g/mol. The van der Waals surface area contributed by atoms with E-state index < -0.39 is 16.0 Å². The number of carbonyl (C=O) groups is 1. The summed E-state index contributed by atoms with van der Waals surface area (Å²) in [5.41, 5.74) is 1.82. The number of para-hydroxylation sites is 1. The van der Waals surface area contributed by atoms with E-state index in [2.05, 4.69) is 6.92 Å². The van der Waals surface area contributed by atoms with E-state index in [-0.39, 0.29) is 28.8 Å². The summed E-state index contributed by atoms with van der Waals surface area (Å²) in [6.45, 7) is 2.63. The fourth-order valence-electron chi connectivity index (χ4n) is 4.68. The van der Waals surface area contributed by atoms with E-state index in [0.29, 0.717) is 24.4 Å². The van der Waals surface area contributed by atoms with Crippen LogP contribution in [-0.2, 0) is 16.6 Å². The number of anilines is 2. The number of fused-ring (bicyclic) bond motifs is 1. The van der Waals surface area contributed by atoms with Crippen molar-refractivity contribution in [2.24, 2.45) is 0 Å². The van der Waals surface area contributed by atoms with Crippen LogP contribution < -0.4 is 14.4 Å². The number of carboxylic acids is 1. The molecule has 3 aromatic carbocycles. The molecular formula is C28H32N2O6S. The second kappa shape index (κ2) is 11.2. The molecule has 196 valence electrons. The number of aromatic carboxylic acids is 1. The van der Waals surface area contributed by atoms with E-state index >= 15 is 0 Å². The molecule has 0 spiro atoms. The molecule has 0 aliphatic carbocycles. The Kier molecular flexibility index (Phi) is 8.04. The van der Waals surface area contributed by atoms with E-state index in [1.165, 1.54) is 23.5 Å². The molecular weight excluding hydrogens is 492 g/mol. The SMILES string of the molecule is CCCCC1CN(c2ccccc2)c2cc(OC)c(C(=O)O)cc2S(=O)(=O)N1Cc1ccc(OC)cc1. The Morgan fingerprint density at radius 3 is 2.32 bits per heavy atom. The number of ether oxygens (including phenoxy) is 2. The molecule has 1 aliphatic heterocycles. The van der Waals surface area contributed by atoms with Crippen molar-refractivity contribution in [1.82, 2.24) is 4.31 Å². The highest BCUT2D eigenvalue weighted by Crippen LogP contribution is 2.42. The number of rotatable bonds is 9. The molecule has 1 N–H and O–H groups in total. The standard InChI is InChI=1S/C28H32N2O6S/c1-4-5-9-22-19-29(21-10-7-6-8-11-21)25-17-26(36-3)24(28(31)32)16-27(25)37(33,34)30(22)18-20-12-14-23(35-2)15-13-20/h6-8,10-17,22H,4-5,9,18-19H2,1-3H3,(H,31,32). The molecule has 37 heavy (non-hydrogen) atoms. The van der Waals surface area contributed by atoms with Gasteiger partial charge in [-0.2, -0.15) is 4.31 Å². The van der Waals surface area contributed by atoms with E-state index in [4.69, 9.17) is 9.47 Å². The Labute approximate surface area is 218 Å². The van der Waals surface area contributed by atoms with Crippen LogP contribution in [-0.4, -0.2) is 50.6 Å². The first-order valence-corrected chi connectivity index (χ1v) is 13.7. The molecule has 1 atom stereocenters. The number of nitrogens with zero attached hydrogens (tertiary/aromatic N) is 2. The molecule has 0 bridgehead atoms. The zero-order chi connectivity index (χ0) is 26.6. The summed E-state index contributed by atoms with van der Waals surface area (Å²) in [5.74, 6) is -0.463. The van der Waals surface area contributed by atoms with Crippen LogP contribution in [0.25, 0.3) is 0 Å². The molecule has 0 amide bonds. The number of sulfonamides is 1. The average Bonchev–Trinajstić information content (AvgIpc) is 3.00. The topological polar surface area (TPSA) is 96.4 Å². The van der Waals surface area contributed by atoms with Crippen LogP contribution in [0, 0.1) is 0 Å². The van der Waals surface area contributed by atoms with E-state index in [1.807, 2.05) is 47.4 Å². The summed E-state index contributed by atoms with van der Waals surface area (Å²) in [5, 5.41) is 9.83. The fraction of sp³-hybridized carbons (Fsp3) is 0.321. The van der Waals surface area contributed by atoms with Crippen LogP contribution in [0.1, 0.15) is 42.1 Å². The molecule has 1 aliphatic rings. The van der Waals surface area contributed by atoms with Gasteiger partial charge >= 0.3 is 5.97 Å². The molecule has 0 saturated heterocycles. The molecule has 0 radical (unpaired) electrons. The Bertz CT molecular complexity index is 1340. The van der Waals surface area contributed by atoms with Crippen molar-refractivity contribution in [3.8, 4) is 11.5 Å². The molecule has 1 heterocycles. The molecule has 4 rings (SSSR count). The van der Waals surface area contributed by atoms with Crippen molar-refractivity contribution in [3.05, 3.63) is 77.9 Å². The summed E-state index contributed by atoms with van der Waals surface area (Å²) in [6.07, 6.45) is 2.43. The van der Waals surface area contributed by atoms with Crippen LogP contribution in [0.15, 0.2) is 71.6 Å². The van der Waals surface area contributed by atoms with Crippen molar-refractivity contribution in [2.75, 3.05) is 25.7 Å². The van der Waals surface area contributed by atoms with Gasteiger partial charge in [-0.05, 0) is 42.3 Å². The summed E-state index contributed by atoms with van der Waals surface area (Å²) in [7, 11) is -1.13. The zero-order valence-corrected chi connectivity index (χ0v) is 22.1. The quantitative estimate of drug-likeness (QED) is 0.406. The first-order chi connectivity index (χ1) is 17.8. The van der Waals surface area contributed by atoms with Crippen molar-refractivity contribution in [2.45, 2.75) is 43.7 Å². The molecule has 8 nitrogen and oxygen atoms in total. The van der Waals surface area contributed by atoms with Gasteiger partial charge in [0.05, 0.1) is 19.9 Å². The number of methoxy groups -OCH3 is 2. The molecule has 0 aromatic heterocycles. The lowest BCUT2D eigenvalue weighted by molar-refractivity contribution is 0.0693. The predicted octanol–water partition coefficient (Wildman–Crippen LogP) is 5.30. The van der Waals surface area contributed by atoms with Gasteiger partial charge in [0.2, 0.25) is 10.0 Å². The molecule has 0 saturated carbocycles. The maximum atomic E-state index is 14.3. The van der Waals surface area contributed by atoms with Crippen molar-refractivity contribution in [3.63, 3.8) is 0 Å². The number of unbranched alkanes of at least 4 members (excludes halogenated alkanes) is 1. The van der Waals surface area contributed by atoms with Crippen LogP contribution in [0.3, 0.4) is 0 Å². The van der Waals surface area contributed by atoms with Crippen molar-refractivity contribution in [1.29, 1.82) is 0 Å². The smallest absolute Gasteiger partial charge is 0.339 e. The Morgan fingerprint density at radius 2 is 1.73 bits per heavy atom. The van der Waals surface area contributed by atoms with E-state index in [0.717, 1.165) is 24.1 Å². The van der Waals surface area contributed by atoms with Crippen LogP contribution in [0.2, 0.25) is 0 Å².